The largest absolute Gasteiger partial charge is 0.346 e. The summed E-state index contributed by atoms with van der Waals surface area (Å²) in [6, 6.07) is 0. The van der Waals surface area contributed by atoms with Crippen molar-refractivity contribution in [3.63, 3.8) is 0 Å². The van der Waals surface area contributed by atoms with Crippen LogP contribution in [0.1, 0.15) is 35.8 Å². The lowest BCUT2D eigenvalue weighted by Crippen LogP contribution is -2.28. The Kier molecular flexibility index (Phi) is 4.37. The highest BCUT2D eigenvalue weighted by Gasteiger charge is 2.22. The average molecular weight is 382 g/mol. The van der Waals surface area contributed by atoms with Gasteiger partial charge in [-0.15, -0.1) is 11.8 Å². The minimum absolute atomic E-state index is 0.488. The molecular weight excluding hydrogens is 358 g/mol. The van der Waals surface area contributed by atoms with Crippen molar-refractivity contribution in [2.45, 2.75) is 25.7 Å². The van der Waals surface area contributed by atoms with Crippen molar-refractivity contribution in [1.82, 2.24) is 30.2 Å². The fraction of sp³-hybridized carbons (Fsp3) is 0.421. The van der Waals surface area contributed by atoms with E-state index in [0.717, 1.165) is 53.8 Å². The Morgan fingerprint density at radius 2 is 2.22 bits per heavy atom. The maximum atomic E-state index is 4.67. The smallest absolute Gasteiger partial charge is 0.145 e. The van der Waals surface area contributed by atoms with Gasteiger partial charge in [0.05, 0.1) is 17.3 Å². The number of fused-ring (bicyclic) bond motifs is 1. The van der Waals surface area contributed by atoms with Crippen LogP contribution in [-0.4, -0.2) is 50.3 Å². The molecule has 0 spiro atoms. The molecule has 0 radical (unpaired) electrons. The highest BCUT2D eigenvalue weighted by Crippen LogP contribution is 2.35. The van der Waals surface area contributed by atoms with E-state index in [-0.39, 0.29) is 0 Å². The zero-order valence-electron chi connectivity index (χ0n) is 15.3. The molecule has 8 heteroatoms. The second kappa shape index (κ2) is 7.01. The van der Waals surface area contributed by atoms with Gasteiger partial charge in [-0.2, -0.15) is 0 Å². The summed E-state index contributed by atoms with van der Waals surface area (Å²) in [5, 5.41) is 4.56. The van der Waals surface area contributed by atoms with Crippen molar-refractivity contribution in [2.24, 2.45) is 0 Å². The van der Waals surface area contributed by atoms with Crippen molar-refractivity contribution >= 4 is 33.5 Å². The molecule has 1 fully saturated rings. The van der Waals surface area contributed by atoms with E-state index in [9.17, 15) is 0 Å². The van der Waals surface area contributed by atoms with Crippen LogP contribution in [0.25, 0.3) is 15.9 Å². The monoisotopic (exact) mass is 381 g/mol. The van der Waals surface area contributed by atoms with Crippen molar-refractivity contribution in [1.29, 1.82) is 0 Å². The van der Waals surface area contributed by atoms with Crippen LogP contribution < -0.4 is 10.2 Å². The fourth-order valence-corrected chi connectivity index (χ4v) is 4.85. The molecule has 1 atom stereocenters. The molecule has 27 heavy (non-hydrogen) atoms. The van der Waals surface area contributed by atoms with Crippen molar-refractivity contribution < 1.29 is 0 Å². The number of anilines is 1. The number of thioether (sulfide) groups is 1. The van der Waals surface area contributed by atoms with Gasteiger partial charge in [0.15, 0.2) is 0 Å². The summed E-state index contributed by atoms with van der Waals surface area (Å²) in [6.07, 6.45) is 10.2. The third kappa shape index (κ3) is 3.12. The van der Waals surface area contributed by atoms with E-state index in [4.69, 9.17) is 0 Å². The van der Waals surface area contributed by atoms with Crippen molar-refractivity contribution in [3.05, 3.63) is 42.0 Å². The van der Waals surface area contributed by atoms with Gasteiger partial charge >= 0.3 is 0 Å². The molecule has 140 valence electrons. The molecule has 0 bridgehead atoms. The number of aryl methyl sites for hydroxylation is 1. The molecule has 3 N–H and O–H groups in total. The Hall–Kier alpha value is -2.32. The van der Waals surface area contributed by atoms with Crippen LogP contribution in [0.4, 0.5) is 5.82 Å². The van der Waals surface area contributed by atoms with Gasteiger partial charge in [0.25, 0.3) is 0 Å². The van der Waals surface area contributed by atoms with Crippen LogP contribution in [0.2, 0.25) is 0 Å². The summed E-state index contributed by atoms with van der Waals surface area (Å²) < 4.78 is 0. The minimum atomic E-state index is 0.488. The Labute approximate surface area is 162 Å². The van der Waals surface area contributed by atoms with Crippen LogP contribution in [0.5, 0.6) is 0 Å². The predicted molar refractivity (Wildman–Crippen MR) is 110 cm³/mol. The Morgan fingerprint density at radius 1 is 1.26 bits per heavy atom. The number of hydrogen-bond donors (Lipinski definition) is 3. The lowest BCUT2D eigenvalue weighted by Gasteiger charge is -2.26. The number of aromatic amines is 2. The lowest BCUT2D eigenvalue weighted by atomic mass is 9.99. The summed E-state index contributed by atoms with van der Waals surface area (Å²) in [5.41, 5.74) is 3.16. The highest BCUT2D eigenvalue weighted by atomic mass is 32.2. The molecule has 3 aromatic rings. The molecule has 7 nitrogen and oxygen atoms in total. The molecule has 1 saturated heterocycles. The molecule has 2 aliphatic rings. The molecule has 0 unspecified atom stereocenters. The highest BCUT2D eigenvalue weighted by molar-refractivity contribution is 8.08. The molecule has 5 heterocycles. The molecular formula is C19H23N7S. The maximum Gasteiger partial charge on any atom is 0.145 e. The number of rotatable bonds is 3. The first-order valence-electron chi connectivity index (χ1n) is 9.45. The zero-order valence-corrected chi connectivity index (χ0v) is 16.1. The fourth-order valence-electron chi connectivity index (χ4n) is 3.88. The first kappa shape index (κ1) is 16.8. The second-order valence-corrected chi connectivity index (χ2v) is 8.29. The van der Waals surface area contributed by atoms with Gasteiger partial charge in [-0.05, 0) is 31.9 Å². The topological polar surface area (TPSA) is 85.5 Å². The van der Waals surface area contributed by atoms with Crippen LogP contribution >= 0.6 is 11.8 Å². The van der Waals surface area contributed by atoms with Crippen LogP contribution in [0.15, 0.2) is 24.9 Å². The normalized spacial score (nSPS) is 20.9. The predicted octanol–water partition coefficient (Wildman–Crippen LogP) is 3.01. The SMILES string of the molecule is Cc1c[nH]c2ncnc(N3C=C(c4cnc([C@@H]5CCCNC5)[nH]4)SCC3)c12. The molecule has 5 rings (SSSR count). The number of nitrogens with one attached hydrogen (secondary N) is 3. The number of H-pyrrole nitrogens is 2. The van der Waals surface area contributed by atoms with Gasteiger partial charge in [-0.3, -0.25) is 0 Å². The van der Waals surface area contributed by atoms with E-state index in [0.29, 0.717) is 5.92 Å². The molecule has 0 saturated carbocycles. The Bertz CT molecular complexity index is 983. The zero-order chi connectivity index (χ0) is 18.2. The first-order chi connectivity index (χ1) is 13.3. The van der Waals surface area contributed by atoms with Gasteiger partial charge in [0.1, 0.15) is 23.6 Å². The minimum Gasteiger partial charge on any atom is -0.346 e. The lowest BCUT2D eigenvalue weighted by molar-refractivity contribution is 0.449. The summed E-state index contributed by atoms with van der Waals surface area (Å²) in [4.78, 5) is 23.8. The van der Waals surface area contributed by atoms with Gasteiger partial charge in [0.2, 0.25) is 0 Å². The number of hydrogen-bond acceptors (Lipinski definition) is 6. The Balaban J connectivity index is 1.46. The number of imidazole rings is 1. The van der Waals surface area contributed by atoms with Crippen LogP contribution in [-0.2, 0) is 0 Å². The van der Waals surface area contributed by atoms with E-state index in [1.807, 2.05) is 24.2 Å². The Morgan fingerprint density at radius 3 is 3.11 bits per heavy atom. The van der Waals surface area contributed by atoms with Gasteiger partial charge in [0, 0.05) is 42.1 Å². The summed E-state index contributed by atoms with van der Waals surface area (Å²) >= 11 is 1.87. The third-order valence-corrected chi connectivity index (χ3v) is 6.35. The second-order valence-electron chi connectivity index (χ2n) is 7.15. The van der Waals surface area contributed by atoms with Crippen molar-refractivity contribution in [3.8, 4) is 0 Å². The molecule has 0 aromatic carbocycles. The van der Waals surface area contributed by atoms with Crippen molar-refractivity contribution in [2.75, 3.05) is 30.3 Å². The third-order valence-electron chi connectivity index (χ3n) is 5.33. The summed E-state index contributed by atoms with van der Waals surface area (Å²) in [5.74, 6) is 3.57. The molecule has 0 amide bonds. The van der Waals surface area contributed by atoms with Gasteiger partial charge in [-0.25, -0.2) is 15.0 Å². The molecule has 2 aliphatic heterocycles. The van der Waals surface area contributed by atoms with Crippen LogP contribution in [0.3, 0.4) is 0 Å². The summed E-state index contributed by atoms with van der Waals surface area (Å²) in [6.45, 7) is 5.15. The number of aromatic nitrogens is 5. The van der Waals surface area contributed by atoms with Gasteiger partial charge < -0.3 is 20.2 Å². The quantitative estimate of drug-likeness (QED) is 0.647. The average Bonchev–Trinajstić information content (AvgIpc) is 3.36. The first-order valence-corrected chi connectivity index (χ1v) is 10.4. The number of piperidine rings is 1. The van der Waals surface area contributed by atoms with Crippen LogP contribution in [0, 0.1) is 6.92 Å². The summed E-state index contributed by atoms with van der Waals surface area (Å²) in [7, 11) is 0. The number of nitrogens with zero attached hydrogens (tertiary/aromatic N) is 4. The standard InChI is InChI=1S/C19H23N7S/c1-12-7-21-18-16(12)19(24-11-23-18)26-5-6-27-15(10-26)14-9-22-17(25-14)13-3-2-4-20-8-13/h7,9-11,13,20H,2-6,8H2,1H3,(H,22,25)(H,21,23,24)/t13-/m1/s1. The van der Waals surface area contributed by atoms with E-state index in [1.54, 1.807) is 6.33 Å². The van der Waals surface area contributed by atoms with Gasteiger partial charge in [-0.1, -0.05) is 0 Å². The molecule has 0 aliphatic carbocycles. The molecule has 3 aromatic heterocycles. The van der Waals surface area contributed by atoms with E-state index >= 15 is 0 Å². The maximum absolute atomic E-state index is 4.67. The van der Waals surface area contributed by atoms with E-state index in [1.165, 1.54) is 23.3 Å². The van der Waals surface area contributed by atoms with E-state index < -0.39 is 0 Å². The van der Waals surface area contributed by atoms with E-state index in [2.05, 4.69) is 48.3 Å².